The monoisotopic (exact) mass is 509 g/mol. The number of hydrogen-bond donors (Lipinski definition) is 1. The van der Waals surface area contributed by atoms with Crippen molar-refractivity contribution >= 4 is 11.9 Å². The second kappa shape index (κ2) is 17.0. The van der Waals surface area contributed by atoms with Gasteiger partial charge in [0.15, 0.2) is 0 Å². The van der Waals surface area contributed by atoms with Gasteiger partial charge < -0.3 is 10.1 Å². The highest BCUT2D eigenvalue weighted by molar-refractivity contribution is 5.85. The molecule has 1 amide bonds. The Balaban J connectivity index is 3.69. The van der Waals surface area contributed by atoms with Crippen molar-refractivity contribution in [1.82, 2.24) is 5.32 Å². The lowest BCUT2D eigenvalue weighted by Crippen LogP contribution is -2.59. The van der Waals surface area contributed by atoms with E-state index in [1.54, 1.807) is 0 Å². The Morgan fingerprint density at radius 1 is 0.676 bits per heavy atom. The van der Waals surface area contributed by atoms with E-state index in [9.17, 15) is 40.3 Å². The lowest BCUT2D eigenvalue weighted by atomic mass is 10.0. The molecule has 11 heteroatoms. The number of unbranched alkanes of at least 4 members (excludes halogenated alkanes) is 13. The maximum atomic E-state index is 13.1. The number of hydrogen-bond acceptors (Lipinski definition) is 3. The van der Waals surface area contributed by atoms with E-state index in [0.717, 1.165) is 25.7 Å². The third-order valence-electron chi connectivity index (χ3n) is 5.41. The smallest absolute Gasteiger partial charge is 0.460 e. The molecule has 0 atom stereocenters. The van der Waals surface area contributed by atoms with E-state index < -0.39 is 42.9 Å². The molecule has 202 valence electrons. The summed E-state index contributed by atoms with van der Waals surface area (Å²) in [4.78, 5) is 22.5. The molecule has 0 aliphatic heterocycles. The van der Waals surface area contributed by atoms with Crippen molar-refractivity contribution in [2.24, 2.45) is 0 Å². The quantitative estimate of drug-likeness (QED) is 0.106. The zero-order chi connectivity index (χ0) is 26.1. The van der Waals surface area contributed by atoms with Crippen LogP contribution in [0.2, 0.25) is 0 Å². The fraction of sp³-hybridized carbons (Fsp3) is 0.913. The lowest BCUT2D eigenvalue weighted by molar-refractivity contribution is -0.344. The Kier molecular flexibility index (Phi) is 16.2. The van der Waals surface area contributed by atoms with Crippen LogP contribution in [0.3, 0.4) is 0 Å². The fourth-order valence-electron chi connectivity index (χ4n) is 3.26. The molecule has 0 saturated heterocycles. The van der Waals surface area contributed by atoms with E-state index in [1.165, 1.54) is 63.1 Å². The molecule has 0 heterocycles. The summed E-state index contributed by atoms with van der Waals surface area (Å²) in [6.45, 7) is 1.43. The number of ether oxygens (including phenoxy) is 1. The van der Waals surface area contributed by atoms with Gasteiger partial charge in [-0.3, -0.25) is 9.59 Å². The molecular weight excluding hydrogens is 471 g/mol. The summed E-state index contributed by atoms with van der Waals surface area (Å²) in [6, 6.07) is 0. The summed E-state index contributed by atoms with van der Waals surface area (Å²) >= 11 is 0. The third kappa shape index (κ3) is 12.8. The van der Waals surface area contributed by atoms with Crippen molar-refractivity contribution in [3.05, 3.63) is 0 Å². The Hall–Kier alpha value is -1.55. The third-order valence-corrected chi connectivity index (χ3v) is 5.41. The molecule has 0 radical (unpaired) electrons. The van der Waals surface area contributed by atoms with Crippen LogP contribution in [0.15, 0.2) is 0 Å². The highest BCUT2D eigenvalue weighted by Gasteiger charge is 2.76. The summed E-state index contributed by atoms with van der Waals surface area (Å²) in [6.07, 6.45) is 8.94. The van der Waals surface area contributed by atoms with Crippen LogP contribution in [-0.2, 0) is 14.3 Å². The standard InChI is InChI=1S/C23H38F7NO3/c1-2-3-4-5-6-7-8-9-10-11-12-13-14-15-18-34-19(32)16-17-31-20(33)21(24,25)22(26,27)23(28,29)30/h2-18H2,1H3,(H,31,33). The number of halogens is 7. The summed E-state index contributed by atoms with van der Waals surface area (Å²) in [5.41, 5.74) is 0. The van der Waals surface area contributed by atoms with Gasteiger partial charge in [-0.2, -0.15) is 30.7 Å². The first kappa shape index (κ1) is 32.5. The van der Waals surface area contributed by atoms with Gasteiger partial charge in [0.25, 0.3) is 5.91 Å². The van der Waals surface area contributed by atoms with Crippen LogP contribution < -0.4 is 5.32 Å². The van der Waals surface area contributed by atoms with Crippen LogP contribution in [-0.4, -0.2) is 43.0 Å². The number of carbonyl (C=O) groups is 2. The first-order valence-corrected chi connectivity index (χ1v) is 12.1. The van der Waals surface area contributed by atoms with E-state index >= 15 is 0 Å². The molecule has 0 rings (SSSR count). The number of carbonyl (C=O) groups excluding carboxylic acids is 2. The Morgan fingerprint density at radius 3 is 1.50 bits per heavy atom. The van der Waals surface area contributed by atoms with Gasteiger partial charge in [0.2, 0.25) is 0 Å². The van der Waals surface area contributed by atoms with Crippen molar-refractivity contribution in [3.8, 4) is 0 Å². The number of esters is 1. The number of alkyl halides is 7. The Labute approximate surface area is 197 Å². The first-order valence-electron chi connectivity index (χ1n) is 12.1. The maximum absolute atomic E-state index is 13.1. The van der Waals surface area contributed by atoms with Crippen LogP contribution >= 0.6 is 0 Å². The predicted octanol–water partition coefficient (Wildman–Crippen LogP) is 7.35. The van der Waals surface area contributed by atoms with Crippen LogP contribution in [0.5, 0.6) is 0 Å². The molecule has 0 saturated carbocycles. The van der Waals surface area contributed by atoms with Gasteiger partial charge >= 0.3 is 24.0 Å². The fourth-order valence-corrected chi connectivity index (χ4v) is 3.26. The van der Waals surface area contributed by atoms with Crippen molar-refractivity contribution in [1.29, 1.82) is 0 Å². The molecule has 1 N–H and O–H groups in total. The van der Waals surface area contributed by atoms with E-state index in [1.807, 2.05) is 0 Å². The second-order valence-electron chi connectivity index (χ2n) is 8.47. The van der Waals surface area contributed by atoms with Crippen LogP contribution in [0.1, 0.15) is 103 Å². The normalized spacial score (nSPS) is 12.6. The van der Waals surface area contributed by atoms with Crippen molar-refractivity contribution in [2.75, 3.05) is 13.2 Å². The van der Waals surface area contributed by atoms with Gasteiger partial charge in [0.05, 0.1) is 13.0 Å². The molecule has 34 heavy (non-hydrogen) atoms. The Bertz CT molecular complexity index is 569. The molecule has 0 spiro atoms. The SMILES string of the molecule is CCCCCCCCCCCCCCCCOC(=O)CCNC(=O)C(F)(F)C(F)(F)C(F)(F)F. The molecule has 0 aliphatic carbocycles. The maximum Gasteiger partial charge on any atom is 0.460 e. The molecule has 0 bridgehead atoms. The average molecular weight is 510 g/mol. The summed E-state index contributed by atoms with van der Waals surface area (Å²) in [5.74, 6) is -16.2. The van der Waals surface area contributed by atoms with Gasteiger partial charge in [-0.1, -0.05) is 90.4 Å². The minimum Gasteiger partial charge on any atom is -0.466 e. The topological polar surface area (TPSA) is 55.4 Å². The van der Waals surface area contributed by atoms with Gasteiger partial charge in [-0.15, -0.1) is 0 Å². The largest absolute Gasteiger partial charge is 0.466 e. The lowest BCUT2D eigenvalue weighted by Gasteiger charge is -2.26. The number of amides is 1. The molecule has 0 aliphatic rings. The van der Waals surface area contributed by atoms with E-state index in [2.05, 4.69) is 6.92 Å². The average Bonchev–Trinajstić information content (AvgIpc) is 2.75. The van der Waals surface area contributed by atoms with Gasteiger partial charge in [-0.25, -0.2) is 0 Å². The molecule has 4 nitrogen and oxygen atoms in total. The summed E-state index contributed by atoms with van der Waals surface area (Å²) in [5, 5.41) is 1.22. The molecular formula is C23H38F7NO3. The first-order chi connectivity index (χ1) is 15.9. The zero-order valence-corrected chi connectivity index (χ0v) is 19.9. The molecule has 0 aromatic rings. The van der Waals surface area contributed by atoms with Gasteiger partial charge in [-0.05, 0) is 6.42 Å². The van der Waals surface area contributed by atoms with E-state index in [-0.39, 0.29) is 6.61 Å². The van der Waals surface area contributed by atoms with Gasteiger partial charge in [0.1, 0.15) is 0 Å². The Morgan fingerprint density at radius 2 is 1.09 bits per heavy atom. The van der Waals surface area contributed by atoms with Gasteiger partial charge in [0, 0.05) is 6.54 Å². The van der Waals surface area contributed by atoms with E-state index in [0.29, 0.717) is 6.42 Å². The molecule has 0 fully saturated rings. The van der Waals surface area contributed by atoms with Crippen molar-refractivity contribution < 1.29 is 45.1 Å². The van der Waals surface area contributed by atoms with Crippen molar-refractivity contribution in [3.63, 3.8) is 0 Å². The molecule has 0 aromatic heterocycles. The highest BCUT2D eigenvalue weighted by Crippen LogP contribution is 2.46. The van der Waals surface area contributed by atoms with Crippen LogP contribution in [0, 0.1) is 0 Å². The van der Waals surface area contributed by atoms with Crippen molar-refractivity contribution in [2.45, 2.75) is 121 Å². The minimum atomic E-state index is -6.60. The zero-order valence-electron chi connectivity index (χ0n) is 19.9. The predicted molar refractivity (Wildman–Crippen MR) is 115 cm³/mol. The molecule has 0 unspecified atom stereocenters. The number of nitrogens with one attached hydrogen (secondary N) is 1. The number of rotatable bonds is 20. The van der Waals surface area contributed by atoms with Crippen LogP contribution in [0.25, 0.3) is 0 Å². The summed E-state index contributed by atoms with van der Waals surface area (Å²) < 4.78 is 92.7. The minimum absolute atomic E-state index is 0.0765. The molecule has 0 aromatic carbocycles. The highest BCUT2D eigenvalue weighted by atomic mass is 19.4. The van der Waals surface area contributed by atoms with E-state index in [4.69, 9.17) is 4.74 Å². The second-order valence-corrected chi connectivity index (χ2v) is 8.47. The summed E-state index contributed by atoms with van der Waals surface area (Å²) in [7, 11) is 0. The van der Waals surface area contributed by atoms with Crippen LogP contribution in [0.4, 0.5) is 30.7 Å².